The molecule has 0 aromatic heterocycles. The van der Waals surface area contributed by atoms with Crippen LogP contribution in [0.3, 0.4) is 0 Å². The number of hydrogen-bond donors (Lipinski definition) is 0. The van der Waals surface area contributed by atoms with Gasteiger partial charge in [-0.2, -0.15) is 0 Å². The maximum Gasteiger partial charge on any atom is 0.294 e. The molecule has 4 aromatic rings. The van der Waals surface area contributed by atoms with Crippen molar-refractivity contribution in [1.82, 2.24) is 0 Å². The van der Waals surface area contributed by atoms with Gasteiger partial charge in [-0.25, -0.2) is 0 Å². The Morgan fingerprint density at radius 2 is 0.750 bits per heavy atom. The van der Waals surface area contributed by atoms with E-state index in [-0.39, 0.29) is 0 Å². The number of carbonyl (C=O) groups is 2. The van der Waals surface area contributed by atoms with Crippen molar-refractivity contribution in [2.24, 2.45) is 0 Å². The second-order valence-electron chi connectivity index (χ2n) is 9.47. The van der Waals surface area contributed by atoms with Gasteiger partial charge in [0, 0.05) is 22.3 Å². The fraction of sp³-hybridized carbons (Fsp3) is 0.188. The van der Waals surface area contributed by atoms with Gasteiger partial charge in [0.1, 0.15) is 0 Å². The zero-order valence-corrected chi connectivity index (χ0v) is 19.9. The van der Waals surface area contributed by atoms with Crippen molar-refractivity contribution in [1.29, 1.82) is 0 Å². The van der Waals surface area contributed by atoms with Crippen LogP contribution < -0.4 is 0 Å². The first kappa shape index (κ1) is 22.3. The molecule has 4 nitrogen and oxygen atoms in total. The average Bonchev–Trinajstić information content (AvgIpc) is 3.36. The molecule has 0 bridgehead atoms. The minimum atomic E-state index is -0.820. The number of carbonyl (C=O) groups excluding carboxylic acids is 2. The fourth-order valence-electron chi connectivity index (χ4n) is 6.39. The van der Waals surface area contributed by atoms with Crippen molar-refractivity contribution in [3.8, 4) is 22.3 Å². The molecule has 0 amide bonds. The molecular weight excluding hydrogens is 448 g/mol. The third kappa shape index (κ3) is 3.14. The Morgan fingerprint density at radius 1 is 0.472 bits per heavy atom. The molecule has 0 unspecified atom stereocenters. The van der Waals surface area contributed by atoms with Crippen molar-refractivity contribution in [2.75, 3.05) is 0 Å². The lowest BCUT2D eigenvalue weighted by molar-refractivity contribution is -0.143. The average molecular weight is 475 g/mol. The van der Waals surface area contributed by atoms with E-state index in [4.69, 9.17) is 9.47 Å². The predicted octanol–water partition coefficient (Wildman–Crippen LogP) is 6.74. The molecule has 0 heterocycles. The number of hydrogen-bond acceptors (Lipinski definition) is 4. The predicted molar refractivity (Wildman–Crippen MR) is 138 cm³/mol. The van der Waals surface area contributed by atoms with E-state index in [9.17, 15) is 9.59 Å². The van der Waals surface area contributed by atoms with Gasteiger partial charge in [0.2, 0.25) is 0 Å². The molecule has 4 heteroatoms. The maximum atomic E-state index is 11.8. The molecule has 0 fully saturated rings. The summed E-state index contributed by atoms with van der Waals surface area (Å²) in [6, 6.07) is 32.6. The van der Waals surface area contributed by atoms with Gasteiger partial charge in [-0.15, -0.1) is 0 Å². The minimum Gasteiger partial charge on any atom is -0.451 e. The molecular formula is C32H26O4. The van der Waals surface area contributed by atoms with Crippen LogP contribution in [0.15, 0.2) is 97.1 Å². The van der Waals surface area contributed by atoms with Gasteiger partial charge in [0.25, 0.3) is 12.9 Å². The van der Waals surface area contributed by atoms with Crippen LogP contribution in [-0.2, 0) is 30.3 Å². The second kappa shape index (κ2) is 8.80. The Morgan fingerprint density at radius 3 is 1.03 bits per heavy atom. The summed E-state index contributed by atoms with van der Waals surface area (Å²) in [5.41, 5.74) is 6.87. The van der Waals surface area contributed by atoms with Gasteiger partial charge in [-0.3, -0.25) is 9.59 Å². The van der Waals surface area contributed by atoms with E-state index < -0.39 is 11.2 Å². The minimum absolute atomic E-state index is 0.569. The molecule has 0 saturated heterocycles. The van der Waals surface area contributed by atoms with E-state index in [0.29, 0.717) is 25.8 Å². The fourth-order valence-corrected chi connectivity index (χ4v) is 6.39. The molecule has 36 heavy (non-hydrogen) atoms. The molecule has 0 saturated carbocycles. The number of benzene rings is 4. The van der Waals surface area contributed by atoms with Crippen molar-refractivity contribution in [2.45, 2.75) is 36.9 Å². The van der Waals surface area contributed by atoms with Crippen LogP contribution in [0.4, 0.5) is 0 Å². The summed E-state index contributed by atoms with van der Waals surface area (Å²) in [4.78, 5) is 23.5. The highest BCUT2D eigenvalue weighted by molar-refractivity contribution is 5.81. The van der Waals surface area contributed by atoms with Crippen LogP contribution in [0.1, 0.15) is 47.9 Å². The highest BCUT2D eigenvalue weighted by Gasteiger charge is 2.47. The number of unbranched alkanes of at least 4 members (excludes halogenated alkanes) is 1. The molecule has 2 aliphatic rings. The van der Waals surface area contributed by atoms with Gasteiger partial charge in [0.05, 0.1) is 0 Å². The van der Waals surface area contributed by atoms with Gasteiger partial charge in [-0.05, 0) is 47.9 Å². The zero-order chi connectivity index (χ0) is 24.6. The standard InChI is InChI=1S/C32H26O4/c33-21-35-31(27-15-5-1-11-23(27)24-12-2-6-16-28(24)31)19-9-10-20-32(36-22-34)29-17-7-3-13-25(29)26-14-4-8-18-30(26)32/h1-8,11-18,21-22H,9-10,19-20H2. The zero-order valence-electron chi connectivity index (χ0n) is 19.9. The van der Waals surface area contributed by atoms with Gasteiger partial charge in [0.15, 0.2) is 11.2 Å². The van der Waals surface area contributed by atoms with E-state index >= 15 is 0 Å². The summed E-state index contributed by atoms with van der Waals surface area (Å²) >= 11 is 0. The number of rotatable bonds is 9. The topological polar surface area (TPSA) is 52.6 Å². The molecule has 178 valence electrons. The summed E-state index contributed by atoms with van der Waals surface area (Å²) in [7, 11) is 0. The molecule has 0 spiro atoms. The summed E-state index contributed by atoms with van der Waals surface area (Å²) in [5, 5.41) is 0. The SMILES string of the molecule is O=COC1(CCCCC2(OC=O)c3ccccc3-c3ccccc32)c2ccccc2-c2ccccc21. The lowest BCUT2D eigenvalue weighted by Gasteiger charge is -2.32. The van der Waals surface area contributed by atoms with Crippen molar-refractivity contribution < 1.29 is 19.1 Å². The molecule has 0 atom stereocenters. The molecule has 0 radical (unpaired) electrons. The summed E-state index contributed by atoms with van der Waals surface area (Å²) in [5.74, 6) is 0. The molecule has 2 aliphatic carbocycles. The van der Waals surface area contributed by atoms with Crippen LogP contribution in [0, 0.1) is 0 Å². The first-order valence-corrected chi connectivity index (χ1v) is 12.4. The highest BCUT2D eigenvalue weighted by Crippen LogP contribution is 2.54. The van der Waals surface area contributed by atoms with Gasteiger partial charge >= 0.3 is 0 Å². The van der Waals surface area contributed by atoms with E-state index in [1.54, 1.807) is 0 Å². The van der Waals surface area contributed by atoms with E-state index in [0.717, 1.165) is 57.3 Å². The lowest BCUT2D eigenvalue weighted by atomic mass is 9.82. The Balaban J connectivity index is 1.32. The van der Waals surface area contributed by atoms with Crippen molar-refractivity contribution in [3.63, 3.8) is 0 Å². The highest BCUT2D eigenvalue weighted by atomic mass is 16.5. The van der Waals surface area contributed by atoms with E-state index in [2.05, 4.69) is 48.5 Å². The summed E-state index contributed by atoms with van der Waals surface area (Å²) in [6.45, 7) is 1.14. The Hall–Kier alpha value is -4.18. The van der Waals surface area contributed by atoms with E-state index in [1.807, 2.05) is 48.5 Å². The second-order valence-corrected chi connectivity index (χ2v) is 9.47. The largest absolute Gasteiger partial charge is 0.451 e. The Kier molecular flexibility index (Phi) is 5.45. The normalized spacial score (nSPS) is 15.2. The first-order chi connectivity index (χ1) is 17.7. The van der Waals surface area contributed by atoms with Crippen LogP contribution in [0.25, 0.3) is 22.3 Å². The quantitative estimate of drug-likeness (QED) is 0.199. The lowest BCUT2D eigenvalue weighted by Crippen LogP contribution is -2.30. The molecule has 0 aliphatic heterocycles. The number of ether oxygens (including phenoxy) is 2. The Bertz CT molecular complexity index is 1250. The molecule has 0 N–H and O–H groups in total. The monoisotopic (exact) mass is 474 g/mol. The Labute approximate surface area is 210 Å². The first-order valence-electron chi connectivity index (χ1n) is 12.4. The van der Waals surface area contributed by atoms with Crippen molar-refractivity contribution >= 4 is 12.9 Å². The van der Waals surface area contributed by atoms with Gasteiger partial charge in [-0.1, -0.05) is 97.1 Å². The van der Waals surface area contributed by atoms with Crippen LogP contribution in [0.2, 0.25) is 0 Å². The van der Waals surface area contributed by atoms with Crippen LogP contribution >= 0.6 is 0 Å². The van der Waals surface area contributed by atoms with E-state index in [1.165, 1.54) is 0 Å². The van der Waals surface area contributed by atoms with Crippen LogP contribution in [0.5, 0.6) is 0 Å². The third-order valence-electron chi connectivity index (χ3n) is 7.84. The van der Waals surface area contributed by atoms with Crippen LogP contribution in [-0.4, -0.2) is 12.9 Å². The summed E-state index contributed by atoms with van der Waals surface area (Å²) < 4.78 is 11.9. The smallest absolute Gasteiger partial charge is 0.294 e. The van der Waals surface area contributed by atoms with Crippen molar-refractivity contribution in [3.05, 3.63) is 119 Å². The molecule has 4 aromatic carbocycles. The number of fused-ring (bicyclic) bond motifs is 6. The van der Waals surface area contributed by atoms with Gasteiger partial charge < -0.3 is 9.47 Å². The maximum absolute atomic E-state index is 11.8. The third-order valence-corrected chi connectivity index (χ3v) is 7.84. The molecule has 6 rings (SSSR count). The summed E-state index contributed by atoms with van der Waals surface area (Å²) in [6.07, 6.45) is 2.84.